The van der Waals surface area contributed by atoms with Crippen molar-refractivity contribution in [1.82, 2.24) is 9.88 Å². The van der Waals surface area contributed by atoms with Crippen LogP contribution in [0.3, 0.4) is 0 Å². The van der Waals surface area contributed by atoms with E-state index in [4.69, 9.17) is 5.11 Å². The number of carbonyl (C=O) groups is 1. The van der Waals surface area contributed by atoms with Crippen LogP contribution in [0.15, 0.2) is 24.4 Å². The van der Waals surface area contributed by atoms with Crippen molar-refractivity contribution in [3.05, 3.63) is 30.1 Å². The van der Waals surface area contributed by atoms with Crippen LogP contribution >= 0.6 is 0 Å². The average Bonchev–Trinajstić information content (AvgIpc) is 2.37. The second-order valence-electron chi connectivity index (χ2n) is 4.58. The highest BCUT2D eigenvalue weighted by molar-refractivity contribution is 5.66. The van der Waals surface area contributed by atoms with Crippen molar-refractivity contribution in [2.24, 2.45) is 0 Å². The van der Waals surface area contributed by atoms with Crippen LogP contribution in [0.5, 0.6) is 0 Å². The summed E-state index contributed by atoms with van der Waals surface area (Å²) in [4.78, 5) is 16.9. The molecule has 0 radical (unpaired) electrons. The van der Waals surface area contributed by atoms with Crippen molar-refractivity contribution in [2.75, 3.05) is 20.1 Å². The molecule has 1 rings (SSSR count). The van der Waals surface area contributed by atoms with Gasteiger partial charge in [-0.2, -0.15) is 0 Å². The molecule has 0 aliphatic carbocycles. The smallest absolute Gasteiger partial charge is 0.303 e. The van der Waals surface area contributed by atoms with Crippen molar-refractivity contribution >= 4 is 5.97 Å². The molecule has 1 aromatic heterocycles. The maximum atomic E-state index is 10.3. The SMILES string of the molecule is CN(CCCCCC(=O)O)CCc1ccccn1. The van der Waals surface area contributed by atoms with Gasteiger partial charge < -0.3 is 10.0 Å². The Morgan fingerprint density at radius 1 is 1.28 bits per heavy atom. The molecule has 0 fully saturated rings. The third-order valence-electron chi connectivity index (χ3n) is 2.91. The van der Waals surface area contributed by atoms with Gasteiger partial charge in [-0.1, -0.05) is 12.5 Å². The van der Waals surface area contributed by atoms with E-state index in [0.29, 0.717) is 0 Å². The van der Waals surface area contributed by atoms with Crippen molar-refractivity contribution in [3.63, 3.8) is 0 Å². The average molecular weight is 250 g/mol. The van der Waals surface area contributed by atoms with Crippen LogP contribution in [0, 0.1) is 0 Å². The molecule has 1 aromatic rings. The Kier molecular flexibility index (Phi) is 7.03. The number of aromatic nitrogens is 1. The van der Waals surface area contributed by atoms with Crippen LogP contribution in [-0.2, 0) is 11.2 Å². The fourth-order valence-corrected chi connectivity index (χ4v) is 1.80. The summed E-state index contributed by atoms with van der Waals surface area (Å²) in [6.45, 7) is 2.02. The first kappa shape index (κ1) is 14.6. The van der Waals surface area contributed by atoms with Crippen LogP contribution in [0.25, 0.3) is 0 Å². The van der Waals surface area contributed by atoms with Gasteiger partial charge in [-0.3, -0.25) is 9.78 Å². The minimum Gasteiger partial charge on any atom is -0.481 e. The van der Waals surface area contributed by atoms with E-state index in [1.807, 2.05) is 24.4 Å². The van der Waals surface area contributed by atoms with Crippen LogP contribution in [0.1, 0.15) is 31.4 Å². The molecule has 0 saturated heterocycles. The molecular weight excluding hydrogens is 228 g/mol. The topological polar surface area (TPSA) is 53.4 Å². The van der Waals surface area contributed by atoms with E-state index in [0.717, 1.165) is 44.5 Å². The van der Waals surface area contributed by atoms with Crippen molar-refractivity contribution < 1.29 is 9.90 Å². The van der Waals surface area contributed by atoms with Crippen LogP contribution in [-0.4, -0.2) is 41.1 Å². The third kappa shape index (κ3) is 7.01. The number of carboxylic acids is 1. The van der Waals surface area contributed by atoms with Gasteiger partial charge in [-0.05, 0) is 38.6 Å². The van der Waals surface area contributed by atoms with Crippen LogP contribution in [0.4, 0.5) is 0 Å². The van der Waals surface area contributed by atoms with Gasteiger partial charge in [0, 0.05) is 31.3 Å². The zero-order chi connectivity index (χ0) is 13.2. The van der Waals surface area contributed by atoms with Gasteiger partial charge in [0.25, 0.3) is 0 Å². The highest BCUT2D eigenvalue weighted by Gasteiger charge is 2.01. The molecule has 0 bridgehead atoms. The molecule has 0 aromatic carbocycles. The number of aliphatic carboxylic acids is 1. The maximum Gasteiger partial charge on any atom is 0.303 e. The first-order chi connectivity index (χ1) is 8.68. The first-order valence-electron chi connectivity index (χ1n) is 6.48. The summed E-state index contributed by atoms with van der Waals surface area (Å²) in [7, 11) is 2.10. The summed E-state index contributed by atoms with van der Waals surface area (Å²) in [6.07, 6.45) is 5.90. The number of hydrogen-bond acceptors (Lipinski definition) is 3. The van der Waals surface area contributed by atoms with E-state index in [-0.39, 0.29) is 6.42 Å². The highest BCUT2D eigenvalue weighted by atomic mass is 16.4. The lowest BCUT2D eigenvalue weighted by Gasteiger charge is -2.15. The summed E-state index contributed by atoms with van der Waals surface area (Å²) in [5, 5.41) is 8.51. The largest absolute Gasteiger partial charge is 0.481 e. The highest BCUT2D eigenvalue weighted by Crippen LogP contribution is 2.02. The van der Waals surface area contributed by atoms with Gasteiger partial charge >= 0.3 is 5.97 Å². The lowest BCUT2D eigenvalue weighted by molar-refractivity contribution is -0.137. The van der Waals surface area contributed by atoms with Crippen molar-refractivity contribution in [1.29, 1.82) is 0 Å². The first-order valence-corrected chi connectivity index (χ1v) is 6.48. The number of pyridine rings is 1. The van der Waals surface area contributed by atoms with Crippen molar-refractivity contribution in [3.8, 4) is 0 Å². The van der Waals surface area contributed by atoms with E-state index >= 15 is 0 Å². The molecule has 0 aliphatic rings. The Labute approximate surface area is 109 Å². The zero-order valence-corrected chi connectivity index (χ0v) is 11.0. The maximum absolute atomic E-state index is 10.3. The Morgan fingerprint density at radius 2 is 2.11 bits per heavy atom. The molecule has 0 aliphatic heterocycles. The van der Waals surface area contributed by atoms with Gasteiger partial charge in [0.2, 0.25) is 0 Å². The van der Waals surface area contributed by atoms with E-state index in [1.54, 1.807) is 0 Å². The molecule has 1 heterocycles. The number of unbranched alkanes of at least 4 members (excludes halogenated alkanes) is 2. The summed E-state index contributed by atoms with van der Waals surface area (Å²) in [5.41, 5.74) is 1.12. The molecule has 0 unspecified atom stereocenters. The molecule has 0 amide bonds. The summed E-state index contributed by atoms with van der Waals surface area (Å²) < 4.78 is 0. The third-order valence-corrected chi connectivity index (χ3v) is 2.91. The normalized spacial score (nSPS) is 10.8. The minimum atomic E-state index is -0.696. The standard InChI is InChI=1S/C14H22N2O2/c1-16(11-6-2-3-8-14(17)18)12-9-13-7-4-5-10-15-13/h4-5,7,10H,2-3,6,8-9,11-12H2,1H3,(H,17,18). The lowest BCUT2D eigenvalue weighted by Crippen LogP contribution is -2.22. The molecule has 4 heteroatoms. The van der Waals surface area contributed by atoms with Gasteiger partial charge in [0.05, 0.1) is 0 Å². The molecule has 100 valence electrons. The number of hydrogen-bond donors (Lipinski definition) is 1. The van der Waals surface area contributed by atoms with Gasteiger partial charge in [0.15, 0.2) is 0 Å². The van der Waals surface area contributed by atoms with E-state index in [2.05, 4.69) is 16.9 Å². The van der Waals surface area contributed by atoms with E-state index in [1.165, 1.54) is 0 Å². The predicted molar refractivity (Wildman–Crippen MR) is 71.5 cm³/mol. The molecular formula is C14H22N2O2. The van der Waals surface area contributed by atoms with Gasteiger partial charge in [-0.15, -0.1) is 0 Å². The predicted octanol–water partition coefficient (Wildman–Crippen LogP) is 2.20. The molecule has 1 N–H and O–H groups in total. The number of carboxylic acid groups (broad SMARTS) is 1. The number of likely N-dealkylation sites (N-methyl/N-ethyl adjacent to an activating group) is 1. The summed E-state index contributed by atoms with van der Waals surface area (Å²) in [6, 6.07) is 5.98. The monoisotopic (exact) mass is 250 g/mol. The van der Waals surface area contributed by atoms with Crippen LogP contribution < -0.4 is 0 Å². The second kappa shape index (κ2) is 8.64. The van der Waals surface area contributed by atoms with Crippen molar-refractivity contribution in [2.45, 2.75) is 32.1 Å². The van der Waals surface area contributed by atoms with Gasteiger partial charge in [0.1, 0.15) is 0 Å². The Morgan fingerprint density at radius 3 is 2.78 bits per heavy atom. The fraction of sp³-hybridized carbons (Fsp3) is 0.571. The molecule has 4 nitrogen and oxygen atoms in total. The zero-order valence-electron chi connectivity index (χ0n) is 11.0. The Bertz CT molecular complexity index is 341. The molecule has 18 heavy (non-hydrogen) atoms. The quantitative estimate of drug-likeness (QED) is 0.683. The number of rotatable bonds is 9. The van der Waals surface area contributed by atoms with Crippen LogP contribution in [0.2, 0.25) is 0 Å². The second-order valence-corrected chi connectivity index (χ2v) is 4.58. The Balaban J connectivity index is 2.04. The molecule has 0 spiro atoms. The van der Waals surface area contributed by atoms with E-state index in [9.17, 15) is 4.79 Å². The molecule has 0 saturated carbocycles. The fourth-order valence-electron chi connectivity index (χ4n) is 1.80. The lowest BCUT2D eigenvalue weighted by atomic mass is 10.2. The summed E-state index contributed by atoms with van der Waals surface area (Å²) >= 11 is 0. The summed E-state index contributed by atoms with van der Waals surface area (Å²) in [5.74, 6) is -0.696. The van der Waals surface area contributed by atoms with Gasteiger partial charge in [-0.25, -0.2) is 0 Å². The number of nitrogens with zero attached hydrogens (tertiary/aromatic N) is 2. The Hall–Kier alpha value is -1.42. The minimum absolute atomic E-state index is 0.289. The molecule has 0 atom stereocenters. The van der Waals surface area contributed by atoms with E-state index < -0.39 is 5.97 Å².